The quantitative estimate of drug-likeness (QED) is 0.416. The first-order valence-corrected chi connectivity index (χ1v) is 11.6. The Kier molecular flexibility index (Phi) is 6.62. The Hall–Kier alpha value is -2.78. The van der Waals surface area contributed by atoms with Gasteiger partial charge in [-0.25, -0.2) is 14.5 Å². The van der Waals surface area contributed by atoms with E-state index in [4.69, 9.17) is 17.0 Å². The summed E-state index contributed by atoms with van der Waals surface area (Å²) >= 11 is 7.04. The number of esters is 1. The minimum atomic E-state index is -0.298. The largest absolute Gasteiger partial charge is 0.462 e. The molecular formula is C22H25N5O2S2. The van der Waals surface area contributed by atoms with Crippen LogP contribution < -0.4 is 10.6 Å². The van der Waals surface area contributed by atoms with Crippen LogP contribution in [-0.2, 0) is 24.1 Å². The summed E-state index contributed by atoms with van der Waals surface area (Å²) < 4.78 is 7.05. The van der Waals surface area contributed by atoms with E-state index in [-0.39, 0.29) is 5.97 Å². The first-order chi connectivity index (χ1) is 15.0. The molecule has 0 amide bonds. The molecule has 1 aliphatic rings. The summed E-state index contributed by atoms with van der Waals surface area (Å²) in [6.45, 7) is 4.84. The number of aryl methyl sites for hydroxylation is 2. The van der Waals surface area contributed by atoms with Crippen molar-refractivity contribution < 1.29 is 9.53 Å². The fraction of sp³-hybridized carbons (Fsp3) is 0.364. The van der Waals surface area contributed by atoms with Crippen LogP contribution in [0.5, 0.6) is 0 Å². The van der Waals surface area contributed by atoms with E-state index >= 15 is 0 Å². The third-order valence-electron chi connectivity index (χ3n) is 5.10. The van der Waals surface area contributed by atoms with Crippen LogP contribution in [0.15, 0.2) is 30.6 Å². The predicted molar refractivity (Wildman–Crippen MR) is 127 cm³/mol. The Morgan fingerprint density at radius 2 is 2.00 bits per heavy atom. The lowest BCUT2D eigenvalue weighted by atomic mass is 9.95. The van der Waals surface area contributed by atoms with Gasteiger partial charge < -0.3 is 10.1 Å². The van der Waals surface area contributed by atoms with Gasteiger partial charge in [0, 0.05) is 4.88 Å². The number of aromatic nitrogens is 3. The molecule has 7 nitrogen and oxygen atoms in total. The van der Waals surface area contributed by atoms with E-state index in [1.54, 1.807) is 22.3 Å². The Morgan fingerprint density at radius 3 is 2.77 bits per heavy atom. The molecule has 0 spiro atoms. The molecule has 4 rings (SSSR count). The number of carbonyl (C=O) groups is 1. The second-order valence-corrected chi connectivity index (χ2v) is 8.98. The number of nitrogens with zero attached hydrogens (tertiary/aromatic N) is 3. The highest BCUT2D eigenvalue weighted by molar-refractivity contribution is 7.80. The molecule has 0 aliphatic heterocycles. The first kappa shape index (κ1) is 21.5. The highest BCUT2D eigenvalue weighted by Crippen LogP contribution is 2.38. The smallest absolute Gasteiger partial charge is 0.341 e. The summed E-state index contributed by atoms with van der Waals surface area (Å²) in [5.41, 5.74) is 4.08. The third-order valence-corrected chi connectivity index (χ3v) is 6.52. The molecule has 162 valence electrons. The molecule has 9 heteroatoms. The number of ether oxygens (including phenoxy) is 1. The fourth-order valence-electron chi connectivity index (χ4n) is 3.62. The van der Waals surface area contributed by atoms with E-state index in [1.165, 1.54) is 10.4 Å². The van der Waals surface area contributed by atoms with Crippen LogP contribution >= 0.6 is 23.6 Å². The lowest BCUT2D eigenvalue weighted by Gasteiger charge is -2.12. The van der Waals surface area contributed by atoms with E-state index in [1.807, 2.05) is 6.92 Å². The average Bonchev–Trinajstić information content (AvgIpc) is 3.33. The molecule has 31 heavy (non-hydrogen) atoms. The van der Waals surface area contributed by atoms with Gasteiger partial charge in [-0.2, -0.15) is 0 Å². The lowest BCUT2D eigenvalue weighted by Crippen LogP contribution is -2.21. The molecule has 1 aliphatic carbocycles. The topological polar surface area (TPSA) is 81.1 Å². The zero-order valence-corrected chi connectivity index (χ0v) is 19.2. The number of hydrogen-bond donors (Lipinski definition) is 2. The summed E-state index contributed by atoms with van der Waals surface area (Å²) in [5.74, 6) is 0.108. The van der Waals surface area contributed by atoms with Gasteiger partial charge in [-0.1, -0.05) is 29.8 Å². The average molecular weight is 456 g/mol. The summed E-state index contributed by atoms with van der Waals surface area (Å²) in [4.78, 5) is 18.1. The van der Waals surface area contributed by atoms with Crippen molar-refractivity contribution in [2.75, 3.05) is 17.2 Å². The Morgan fingerprint density at radius 1 is 1.23 bits per heavy atom. The molecule has 0 fully saturated rings. The van der Waals surface area contributed by atoms with Gasteiger partial charge in [-0.3, -0.25) is 5.32 Å². The van der Waals surface area contributed by atoms with Crippen molar-refractivity contribution >= 4 is 45.6 Å². The molecule has 0 saturated carbocycles. The van der Waals surface area contributed by atoms with Crippen molar-refractivity contribution in [1.82, 2.24) is 14.8 Å². The number of fused-ring (bicyclic) bond motifs is 1. The van der Waals surface area contributed by atoms with E-state index in [0.717, 1.165) is 41.8 Å². The third kappa shape index (κ3) is 5.11. The Labute approximate surface area is 190 Å². The standard InChI is InChI=1S/C22H25N5O2S2/c1-3-29-20(28)18-16-6-4-5-7-17(16)31-19(18)24-22(30)25-21-23-13-27(26-21)12-15-10-8-14(2)9-11-15/h8-11,13H,3-7,12H2,1-2H3,(H2,24,25,26,30). The van der Waals surface area contributed by atoms with Crippen LogP contribution in [0.1, 0.15) is 51.7 Å². The molecule has 0 bridgehead atoms. The molecule has 2 heterocycles. The van der Waals surface area contributed by atoms with E-state index in [2.05, 4.69) is 51.9 Å². The van der Waals surface area contributed by atoms with Gasteiger partial charge in [0.2, 0.25) is 5.95 Å². The number of benzene rings is 1. The highest BCUT2D eigenvalue weighted by Gasteiger charge is 2.26. The van der Waals surface area contributed by atoms with Gasteiger partial charge >= 0.3 is 5.97 Å². The molecule has 3 aromatic rings. The van der Waals surface area contributed by atoms with Gasteiger partial charge in [0.25, 0.3) is 0 Å². The molecule has 2 N–H and O–H groups in total. The minimum Gasteiger partial charge on any atom is -0.462 e. The number of rotatable bonds is 6. The van der Waals surface area contributed by atoms with E-state index in [0.29, 0.717) is 29.8 Å². The van der Waals surface area contributed by atoms with Crippen LogP contribution in [0.4, 0.5) is 10.9 Å². The number of carbonyl (C=O) groups excluding carboxylic acids is 1. The monoisotopic (exact) mass is 455 g/mol. The van der Waals surface area contributed by atoms with Gasteiger partial charge in [-0.15, -0.1) is 16.4 Å². The molecule has 0 radical (unpaired) electrons. The van der Waals surface area contributed by atoms with Crippen molar-refractivity contribution in [3.05, 3.63) is 57.7 Å². The fourth-order valence-corrected chi connectivity index (χ4v) is 5.16. The molecule has 2 aromatic heterocycles. The molecule has 0 atom stereocenters. The van der Waals surface area contributed by atoms with Crippen LogP contribution in [0.25, 0.3) is 0 Å². The first-order valence-electron chi connectivity index (χ1n) is 10.4. The number of anilines is 2. The van der Waals surface area contributed by atoms with Crippen molar-refractivity contribution in [3.8, 4) is 0 Å². The van der Waals surface area contributed by atoms with Gasteiger partial charge in [0.15, 0.2) is 5.11 Å². The van der Waals surface area contributed by atoms with Crippen molar-refractivity contribution in [3.63, 3.8) is 0 Å². The van der Waals surface area contributed by atoms with Crippen LogP contribution in [-0.4, -0.2) is 32.5 Å². The second-order valence-electron chi connectivity index (χ2n) is 7.47. The van der Waals surface area contributed by atoms with Gasteiger partial charge in [0.05, 0.1) is 18.7 Å². The van der Waals surface area contributed by atoms with Crippen LogP contribution in [0.3, 0.4) is 0 Å². The van der Waals surface area contributed by atoms with E-state index < -0.39 is 0 Å². The normalized spacial score (nSPS) is 12.8. The molecular weight excluding hydrogens is 430 g/mol. The predicted octanol–water partition coefficient (Wildman–Crippen LogP) is 4.56. The lowest BCUT2D eigenvalue weighted by molar-refractivity contribution is 0.0526. The summed E-state index contributed by atoms with van der Waals surface area (Å²) in [5, 5.41) is 11.7. The van der Waals surface area contributed by atoms with Crippen molar-refractivity contribution in [2.45, 2.75) is 46.1 Å². The Bertz CT molecular complexity index is 1090. The maximum Gasteiger partial charge on any atom is 0.341 e. The number of nitrogens with one attached hydrogen (secondary N) is 2. The summed E-state index contributed by atoms with van der Waals surface area (Å²) in [6, 6.07) is 8.30. The van der Waals surface area contributed by atoms with Crippen LogP contribution in [0.2, 0.25) is 0 Å². The number of hydrogen-bond acceptors (Lipinski definition) is 6. The molecule has 1 aromatic carbocycles. The Balaban J connectivity index is 1.44. The number of thiocarbonyl (C=S) groups is 1. The van der Waals surface area contributed by atoms with Gasteiger partial charge in [0.1, 0.15) is 11.3 Å². The summed E-state index contributed by atoms with van der Waals surface area (Å²) in [7, 11) is 0. The van der Waals surface area contributed by atoms with Crippen molar-refractivity contribution in [2.24, 2.45) is 0 Å². The maximum absolute atomic E-state index is 12.6. The van der Waals surface area contributed by atoms with Crippen molar-refractivity contribution in [1.29, 1.82) is 0 Å². The minimum absolute atomic E-state index is 0.298. The number of thiophene rings is 1. The van der Waals surface area contributed by atoms with Gasteiger partial charge in [-0.05, 0) is 62.9 Å². The second kappa shape index (κ2) is 9.57. The summed E-state index contributed by atoms with van der Waals surface area (Å²) in [6.07, 6.45) is 5.77. The van der Waals surface area contributed by atoms with E-state index in [9.17, 15) is 4.79 Å². The zero-order valence-electron chi connectivity index (χ0n) is 17.6. The molecule has 0 saturated heterocycles. The molecule has 0 unspecified atom stereocenters. The maximum atomic E-state index is 12.6. The zero-order chi connectivity index (χ0) is 21.8. The highest BCUT2D eigenvalue weighted by atomic mass is 32.1. The SMILES string of the molecule is CCOC(=O)c1c(NC(=S)Nc2ncn(Cc3ccc(C)cc3)n2)sc2c1CCCC2. The van der Waals surface area contributed by atoms with Crippen LogP contribution in [0, 0.1) is 6.92 Å².